The van der Waals surface area contributed by atoms with Crippen LogP contribution in [0.2, 0.25) is 0 Å². The number of hydrogen-bond acceptors (Lipinski definition) is 5. The van der Waals surface area contributed by atoms with Crippen LogP contribution in [-0.2, 0) is 0 Å². The Bertz CT molecular complexity index is 315. The van der Waals surface area contributed by atoms with Gasteiger partial charge in [-0.1, -0.05) is 0 Å². The molecule has 0 unspecified atom stereocenters. The monoisotopic (exact) mass is 197 g/mol. The fourth-order valence-electron chi connectivity index (χ4n) is 1.15. The van der Waals surface area contributed by atoms with Crippen LogP contribution in [0.15, 0.2) is 12.3 Å². The van der Waals surface area contributed by atoms with Crippen LogP contribution < -0.4 is 16.2 Å². The maximum absolute atomic E-state index is 9.73. The van der Waals surface area contributed by atoms with Crippen LogP contribution in [0.3, 0.4) is 0 Å². The Morgan fingerprint density at radius 1 is 1.57 bits per heavy atom. The van der Waals surface area contributed by atoms with E-state index in [2.05, 4.69) is 4.98 Å². The highest BCUT2D eigenvalue weighted by Crippen LogP contribution is 2.26. The molecule has 0 bridgehead atoms. The first-order valence-electron chi connectivity index (χ1n) is 4.29. The molecule has 78 valence electrons. The molecular formula is C9H15N3O2. The molecule has 0 saturated carbocycles. The van der Waals surface area contributed by atoms with Crippen molar-refractivity contribution in [3.8, 4) is 5.88 Å². The molecule has 1 aromatic heterocycles. The number of methoxy groups -OCH3 is 1. The fourth-order valence-corrected chi connectivity index (χ4v) is 1.15. The van der Waals surface area contributed by atoms with Gasteiger partial charge in [-0.3, -0.25) is 0 Å². The minimum atomic E-state index is -0.819. The van der Waals surface area contributed by atoms with Gasteiger partial charge in [0.15, 0.2) is 0 Å². The highest BCUT2D eigenvalue weighted by Gasteiger charge is 2.18. The molecule has 14 heavy (non-hydrogen) atoms. The Hall–Kier alpha value is -1.33. The van der Waals surface area contributed by atoms with E-state index in [1.807, 2.05) is 0 Å². The molecule has 1 heterocycles. The number of nitrogen functional groups attached to an aromatic ring is 1. The van der Waals surface area contributed by atoms with Crippen LogP contribution in [0.4, 0.5) is 5.69 Å². The van der Waals surface area contributed by atoms with Crippen LogP contribution in [0.1, 0.15) is 18.6 Å². The molecule has 1 aromatic rings. The zero-order valence-corrected chi connectivity index (χ0v) is 8.27. The Balaban J connectivity index is 3.10. The normalized spacial score (nSPS) is 14.9. The van der Waals surface area contributed by atoms with Crippen molar-refractivity contribution in [3.05, 3.63) is 17.8 Å². The van der Waals surface area contributed by atoms with E-state index in [1.165, 1.54) is 13.3 Å². The quantitative estimate of drug-likeness (QED) is 0.636. The van der Waals surface area contributed by atoms with Crippen LogP contribution in [-0.4, -0.2) is 23.2 Å². The van der Waals surface area contributed by atoms with Crippen molar-refractivity contribution in [2.45, 2.75) is 19.1 Å². The minimum absolute atomic E-state index is 0.351. The molecular weight excluding hydrogens is 182 g/mol. The smallest absolute Gasteiger partial charge is 0.219 e. The Labute approximate surface area is 82.7 Å². The van der Waals surface area contributed by atoms with Gasteiger partial charge in [0.1, 0.15) is 0 Å². The molecule has 1 rings (SSSR count). The first-order chi connectivity index (χ1) is 6.56. The molecule has 0 radical (unpaired) electrons. The van der Waals surface area contributed by atoms with Gasteiger partial charge in [-0.15, -0.1) is 0 Å². The van der Waals surface area contributed by atoms with Gasteiger partial charge >= 0.3 is 0 Å². The molecule has 5 nitrogen and oxygen atoms in total. The van der Waals surface area contributed by atoms with Crippen molar-refractivity contribution in [3.63, 3.8) is 0 Å². The largest absolute Gasteiger partial charge is 0.481 e. The third-order valence-corrected chi connectivity index (χ3v) is 1.91. The second kappa shape index (κ2) is 4.26. The predicted molar refractivity (Wildman–Crippen MR) is 53.8 cm³/mol. The molecule has 0 spiro atoms. The Morgan fingerprint density at radius 3 is 2.71 bits per heavy atom. The van der Waals surface area contributed by atoms with Crippen molar-refractivity contribution >= 4 is 5.69 Å². The summed E-state index contributed by atoms with van der Waals surface area (Å²) in [4.78, 5) is 3.94. The van der Waals surface area contributed by atoms with Crippen molar-refractivity contribution in [1.82, 2.24) is 4.98 Å². The van der Waals surface area contributed by atoms with E-state index in [0.717, 1.165) is 0 Å². The summed E-state index contributed by atoms with van der Waals surface area (Å²) in [5.74, 6) is 0.351. The molecule has 0 saturated heterocycles. The van der Waals surface area contributed by atoms with E-state index in [4.69, 9.17) is 16.2 Å². The molecule has 0 aliphatic heterocycles. The number of nitrogens with two attached hydrogens (primary N) is 2. The van der Waals surface area contributed by atoms with Crippen LogP contribution >= 0.6 is 0 Å². The SMILES string of the molecule is COc1ncc(N)cc1[C@@H](O)[C@H](C)N. The molecule has 0 fully saturated rings. The van der Waals surface area contributed by atoms with Gasteiger partial charge in [-0.2, -0.15) is 0 Å². The molecule has 2 atom stereocenters. The lowest BCUT2D eigenvalue weighted by Crippen LogP contribution is -2.25. The van der Waals surface area contributed by atoms with E-state index in [0.29, 0.717) is 17.1 Å². The van der Waals surface area contributed by atoms with Crippen molar-refractivity contribution in [1.29, 1.82) is 0 Å². The van der Waals surface area contributed by atoms with Gasteiger partial charge in [0.2, 0.25) is 5.88 Å². The standard InChI is InChI=1S/C9H15N3O2/c1-5(10)8(13)7-3-6(11)4-12-9(7)14-2/h3-5,8,13H,10-11H2,1-2H3/t5-,8-/m0/s1. The molecule has 0 aliphatic rings. The van der Waals surface area contributed by atoms with Gasteiger partial charge in [-0.05, 0) is 13.0 Å². The number of aromatic nitrogens is 1. The fraction of sp³-hybridized carbons (Fsp3) is 0.444. The third-order valence-electron chi connectivity index (χ3n) is 1.91. The van der Waals surface area contributed by atoms with Crippen molar-refractivity contribution in [2.75, 3.05) is 12.8 Å². The zero-order chi connectivity index (χ0) is 10.7. The van der Waals surface area contributed by atoms with Crippen molar-refractivity contribution < 1.29 is 9.84 Å². The molecule has 0 aliphatic carbocycles. The Morgan fingerprint density at radius 2 is 2.21 bits per heavy atom. The summed E-state index contributed by atoms with van der Waals surface area (Å²) < 4.78 is 4.99. The highest BCUT2D eigenvalue weighted by atomic mass is 16.5. The molecule has 5 N–H and O–H groups in total. The molecule has 0 aromatic carbocycles. The van der Waals surface area contributed by atoms with E-state index < -0.39 is 12.1 Å². The Kier molecular flexibility index (Phi) is 3.27. The maximum atomic E-state index is 9.73. The van der Waals surface area contributed by atoms with Crippen molar-refractivity contribution in [2.24, 2.45) is 5.73 Å². The van der Waals surface area contributed by atoms with Crippen LogP contribution in [0.25, 0.3) is 0 Å². The topological polar surface area (TPSA) is 94.4 Å². The summed E-state index contributed by atoms with van der Waals surface area (Å²) in [7, 11) is 1.48. The van der Waals surface area contributed by atoms with E-state index in [9.17, 15) is 5.11 Å². The summed E-state index contributed by atoms with van der Waals surface area (Å²) in [5, 5.41) is 9.73. The van der Waals surface area contributed by atoms with E-state index >= 15 is 0 Å². The molecule has 5 heteroatoms. The summed E-state index contributed by atoms with van der Waals surface area (Å²) in [6.45, 7) is 1.70. The summed E-state index contributed by atoms with van der Waals surface area (Å²) in [5.41, 5.74) is 12.1. The number of ether oxygens (including phenoxy) is 1. The van der Waals surface area contributed by atoms with Gasteiger partial charge < -0.3 is 21.3 Å². The molecule has 0 amide bonds. The number of pyridine rings is 1. The van der Waals surface area contributed by atoms with Gasteiger partial charge in [0.25, 0.3) is 0 Å². The number of aliphatic hydroxyl groups excluding tert-OH is 1. The van der Waals surface area contributed by atoms with E-state index in [1.54, 1.807) is 13.0 Å². The average molecular weight is 197 g/mol. The lowest BCUT2D eigenvalue weighted by molar-refractivity contribution is 0.148. The van der Waals surface area contributed by atoms with Gasteiger partial charge in [0, 0.05) is 11.6 Å². The minimum Gasteiger partial charge on any atom is -0.481 e. The zero-order valence-electron chi connectivity index (χ0n) is 8.27. The first-order valence-corrected chi connectivity index (χ1v) is 4.29. The number of nitrogens with zero attached hydrogens (tertiary/aromatic N) is 1. The van der Waals surface area contributed by atoms with E-state index in [-0.39, 0.29) is 0 Å². The number of hydrogen-bond donors (Lipinski definition) is 3. The van der Waals surface area contributed by atoms with Crippen LogP contribution in [0.5, 0.6) is 5.88 Å². The van der Waals surface area contributed by atoms with Crippen LogP contribution in [0, 0.1) is 0 Å². The number of rotatable bonds is 3. The maximum Gasteiger partial charge on any atom is 0.219 e. The average Bonchev–Trinajstić information content (AvgIpc) is 2.16. The number of anilines is 1. The second-order valence-corrected chi connectivity index (χ2v) is 3.17. The lowest BCUT2D eigenvalue weighted by atomic mass is 10.1. The summed E-state index contributed by atoms with van der Waals surface area (Å²) in [6, 6.07) is 1.22. The van der Waals surface area contributed by atoms with Gasteiger partial charge in [-0.25, -0.2) is 4.98 Å². The first kappa shape index (κ1) is 10.7. The van der Waals surface area contributed by atoms with Gasteiger partial charge in [0.05, 0.1) is 25.1 Å². The third kappa shape index (κ3) is 2.12. The second-order valence-electron chi connectivity index (χ2n) is 3.17. The lowest BCUT2D eigenvalue weighted by Gasteiger charge is -2.17. The predicted octanol–water partition coefficient (Wildman–Crippen LogP) is 0.0530. The summed E-state index contributed by atoms with van der Waals surface area (Å²) in [6.07, 6.45) is 0.650. The summed E-state index contributed by atoms with van der Waals surface area (Å²) >= 11 is 0. The highest BCUT2D eigenvalue weighted by molar-refractivity contribution is 5.43. The number of aliphatic hydroxyl groups is 1.